The number of rotatable bonds is 5. The summed E-state index contributed by atoms with van der Waals surface area (Å²) in [6.45, 7) is 0. The standard InChI is InChI=1S/C50H32N2/c1-2-13-35(14-3-1)45-32-48(46-20-10-11-29-51-46)52-47-31-38(27-28-40(45)47)34-21-24-36(25-22-34)49-41-16-6-8-18-43(41)50(44-19-9-7-17-42(44)49)39-26-23-33-12-4-5-15-37(33)30-39/h1-32H. The van der Waals surface area contributed by atoms with Gasteiger partial charge in [0.1, 0.15) is 0 Å². The molecule has 10 aromatic rings. The van der Waals surface area contributed by atoms with Gasteiger partial charge in [0.15, 0.2) is 0 Å². The van der Waals surface area contributed by atoms with Gasteiger partial charge in [-0.2, -0.15) is 0 Å². The van der Waals surface area contributed by atoms with Crippen LogP contribution in [0.1, 0.15) is 0 Å². The number of aromatic nitrogens is 2. The van der Waals surface area contributed by atoms with Crippen molar-refractivity contribution in [3.05, 3.63) is 194 Å². The van der Waals surface area contributed by atoms with Crippen molar-refractivity contribution in [3.8, 4) is 55.9 Å². The smallest absolute Gasteiger partial charge is 0.0900 e. The largest absolute Gasteiger partial charge is 0.255 e. The fourth-order valence-electron chi connectivity index (χ4n) is 7.83. The Morgan fingerprint density at radius 3 is 1.58 bits per heavy atom. The molecule has 0 spiro atoms. The van der Waals surface area contributed by atoms with Gasteiger partial charge in [-0.15, -0.1) is 0 Å². The van der Waals surface area contributed by atoms with Gasteiger partial charge in [0.05, 0.1) is 16.9 Å². The molecule has 0 saturated heterocycles. The first kappa shape index (κ1) is 30.0. The van der Waals surface area contributed by atoms with Crippen molar-refractivity contribution < 1.29 is 0 Å². The van der Waals surface area contributed by atoms with Gasteiger partial charge in [-0.1, -0.05) is 158 Å². The van der Waals surface area contributed by atoms with Crippen LogP contribution in [-0.2, 0) is 0 Å². The second kappa shape index (κ2) is 12.5. The SMILES string of the molecule is c1ccc(-c2cc(-c3ccccn3)nc3cc(-c4ccc(-c5c6ccccc6c(-c6ccc7ccccc7c6)c6ccccc56)cc4)ccc23)cc1. The second-order valence-corrected chi connectivity index (χ2v) is 13.3. The first-order valence-electron chi connectivity index (χ1n) is 17.7. The van der Waals surface area contributed by atoms with E-state index in [0.717, 1.165) is 44.5 Å². The van der Waals surface area contributed by atoms with E-state index in [-0.39, 0.29) is 0 Å². The number of benzene rings is 8. The number of hydrogen-bond acceptors (Lipinski definition) is 2. The van der Waals surface area contributed by atoms with E-state index >= 15 is 0 Å². The number of hydrogen-bond donors (Lipinski definition) is 0. The second-order valence-electron chi connectivity index (χ2n) is 13.3. The van der Waals surface area contributed by atoms with E-state index in [1.165, 1.54) is 54.6 Å². The molecule has 0 radical (unpaired) electrons. The maximum Gasteiger partial charge on any atom is 0.0900 e. The van der Waals surface area contributed by atoms with Crippen LogP contribution in [0.25, 0.3) is 99.1 Å². The average Bonchev–Trinajstić information content (AvgIpc) is 3.22. The molecule has 0 fully saturated rings. The lowest BCUT2D eigenvalue weighted by Crippen LogP contribution is -1.92. The quantitative estimate of drug-likeness (QED) is 0.172. The zero-order valence-electron chi connectivity index (χ0n) is 28.4. The van der Waals surface area contributed by atoms with Gasteiger partial charge in [-0.3, -0.25) is 4.98 Å². The summed E-state index contributed by atoms with van der Waals surface area (Å²) >= 11 is 0. The van der Waals surface area contributed by atoms with Crippen LogP contribution in [0.4, 0.5) is 0 Å². The molecule has 0 amide bonds. The molecule has 0 aliphatic rings. The Morgan fingerprint density at radius 1 is 0.308 bits per heavy atom. The summed E-state index contributed by atoms with van der Waals surface area (Å²) in [5.74, 6) is 0. The highest BCUT2D eigenvalue weighted by atomic mass is 14.8. The molecule has 0 aliphatic carbocycles. The highest BCUT2D eigenvalue weighted by molar-refractivity contribution is 6.21. The summed E-state index contributed by atoms with van der Waals surface area (Å²) in [4.78, 5) is 9.76. The minimum absolute atomic E-state index is 0.863. The van der Waals surface area contributed by atoms with Crippen molar-refractivity contribution in [2.24, 2.45) is 0 Å². The van der Waals surface area contributed by atoms with Crippen LogP contribution in [0.3, 0.4) is 0 Å². The molecule has 0 atom stereocenters. The molecular weight excluding hydrogens is 629 g/mol. The lowest BCUT2D eigenvalue weighted by molar-refractivity contribution is 1.28. The summed E-state index contributed by atoms with van der Waals surface area (Å²) in [5, 5.41) is 8.65. The summed E-state index contributed by atoms with van der Waals surface area (Å²) in [5.41, 5.74) is 12.2. The molecule has 2 heteroatoms. The van der Waals surface area contributed by atoms with Crippen molar-refractivity contribution in [1.82, 2.24) is 9.97 Å². The van der Waals surface area contributed by atoms with Crippen molar-refractivity contribution in [2.75, 3.05) is 0 Å². The van der Waals surface area contributed by atoms with Gasteiger partial charge >= 0.3 is 0 Å². The maximum absolute atomic E-state index is 5.14. The lowest BCUT2D eigenvalue weighted by Gasteiger charge is -2.18. The highest BCUT2D eigenvalue weighted by Crippen LogP contribution is 2.44. The molecule has 0 saturated carbocycles. The normalized spacial score (nSPS) is 11.5. The van der Waals surface area contributed by atoms with E-state index < -0.39 is 0 Å². The minimum atomic E-state index is 0.863. The van der Waals surface area contributed by atoms with Crippen molar-refractivity contribution >= 4 is 43.2 Å². The zero-order chi connectivity index (χ0) is 34.4. The Hall–Kier alpha value is -6.90. The molecule has 2 heterocycles. The van der Waals surface area contributed by atoms with Crippen molar-refractivity contribution in [2.45, 2.75) is 0 Å². The Kier molecular flexibility index (Phi) is 7.18. The predicted octanol–water partition coefficient (Wildman–Crippen LogP) is 13.4. The fraction of sp³-hybridized carbons (Fsp3) is 0. The van der Waals surface area contributed by atoms with Gasteiger partial charge in [-0.05, 0) is 107 Å². The molecule has 8 aromatic carbocycles. The molecule has 0 aliphatic heterocycles. The van der Waals surface area contributed by atoms with Crippen LogP contribution in [0.5, 0.6) is 0 Å². The third-order valence-electron chi connectivity index (χ3n) is 10.3. The molecule has 10 rings (SSSR count). The monoisotopic (exact) mass is 660 g/mol. The Morgan fingerprint density at radius 2 is 0.885 bits per heavy atom. The topological polar surface area (TPSA) is 25.8 Å². The molecule has 52 heavy (non-hydrogen) atoms. The minimum Gasteiger partial charge on any atom is -0.255 e. The molecule has 2 aromatic heterocycles. The van der Waals surface area contributed by atoms with Crippen LogP contribution in [0.15, 0.2) is 194 Å². The van der Waals surface area contributed by atoms with Crippen LogP contribution in [0, 0.1) is 0 Å². The third kappa shape index (κ3) is 5.12. The molecule has 0 unspecified atom stereocenters. The van der Waals surface area contributed by atoms with Gasteiger partial charge < -0.3 is 0 Å². The summed E-state index contributed by atoms with van der Waals surface area (Å²) < 4.78 is 0. The molecule has 2 nitrogen and oxygen atoms in total. The zero-order valence-corrected chi connectivity index (χ0v) is 28.4. The molecule has 0 bridgehead atoms. The van der Waals surface area contributed by atoms with E-state index in [1.807, 2.05) is 24.4 Å². The maximum atomic E-state index is 5.14. The van der Waals surface area contributed by atoms with Crippen molar-refractivity contribution in [3.63, 3.8) is 0 Å². The van der Waals surface area contributed by atoms with Crippen LogP contribution in [0.2, 0.25) is 0 Å². The Balaban J connectivity index is 1.11. The summed E-state index contributed by atoms with van der Waals surface area (Å²) in [6.07, 6.45) is 1.82. The van der Waals surface area contributed by atoms with Gasteiger partial charge in [0, 0.05) is 11.6 Å². The van der Waals surface area contributed by atoms with E-state index in [2.05, 4.69) is 175 Å². The van der Waals surface area contributed by atoms with E-state index in [1.54, 1.807) is 0 Å². The Bertz CT molecular complexity index is 2870. The van der Waals surface area contributed by atoms with Crippen LogP contribution < -0.4 is 0 Å². The Labute approximate surface area is 302 Å². The number of nitrogens with zero attached hydrogens (tertiary/aromatic N) is 2. The van der Waals surface area contributed by atoms with Crippen LogP contribution >= 0.6 is 0 Å². The van der Waals surface area contributed by atoms with E-state index in [0.29, 0.717) is 0 Å². The fourth-order valence-corrected chi connectivity index (χ4v) is 7.83. The van der Waals surface area contributed by atoms with Gasteiger partial charge in [0.2, 0.25) is 0 Å². The highest BCUT2D eigenvalue weighted by Gasteiger charge is 2.17. The summed E-state index contributed by atoms with van der Waals surface area (Å²) in [6, 6.07) is 67.5. The van der Waals surface area contributed by atoms with Gasteiger partial charge in [0.25, 0.3) is 0 Å². The predicted molar refractivity (Wildman–Crippen MR) is 219 cm³/mol. The van der Waals surface area contributed by atoms with E-state index in [4.69, 9.17) is 4.98 Å². The first-order valence-corrected chi connectivity index (χ1v) is 17.7. The molecular formula is C50H32N2. The number of fused-ring (bicyclic) bond motifs is 4. The molecule has 242 valence electrons. The summed E-state index contributed by atoms with van der Waals surface area (Å²) in [7, 11) is 0. The van der Waals surface area contributed by atoms with Crippen molar-refractivity contribution in [1.29, 1.82) is 0 Å². The lowest BCUT2D eigenvalue weighted by atomic mass is 9.85. The number of pyridine rings is 2. The first-order chi connectivity index (χ1) is 25.8. The average molecular weight is 661 g/mol. The third-order valence-corrected chi connectivity index (χ3v) is 10.3. The van der Waals surface area contributed by atoms with Gasteiger partial charge in [-0.25, -0.2) is 4.98 Å². The molecule has 0 N–H and O–H groups in total. The van der Waals surface area contributed by atoms with Crippen LogP contribution in [-0.4, -0.2) is 9.97 Å². The van der Waals surface area contributed by atoms with E-state index in [9.17, 15) is 0 Å².